The fraction of sp³-hybridized carbons (Fsp3) is 0.480. The summed E-state index contributed by atoms with van der Waals surface area (Å²) < 4.78 is 2.17. The van der Waals surface area contributed by atoms with Gasteiger partial charge in [-0.15, -0.1) is 10.2 Å². The Kier molecular flexibility index (Phi) is 4.66. The number of halogens is 1. The maximum Gasteiger partial charge on any atom is 0.242 e. The third-order valence-corrected chi connectivity index (χ3v) is 8.32. The van der Waals surface area contributed by atoms with Crippen LogP contribution in [0.2, 0.25) is 5.02 Å². The molecule has 5 heterocycles. The summed E-state index contributed by atoms with van der Waals surface area (Å²) in [5, 5.41) is 9.97. The van der Waals surface area contributed by atoms with E-state index in [1.165, 1.54) is 0 Å². The Morgan fingerprint density at radius 1 is 1.03 bits per heavy atom. The fourth-order valence-corrected chi connectivity index (χ4v) is 6.37. The van der Waals surface area contributed by atoms with Crippen LogP contribution in [0.3, 0.4) is 0 Å². The quantitative estimate of drug-likeness (QED) is 0.532. The number of carbonyl (C=O) groups excluding carboxylic acids is 1. The minimum Gasteiger partial charge on any atom is -0.354 e. The highest BCUT2D eigenvalue weighted by Gasteiger charge is 2.57. The van der Waals surface area contributed by atoms with Crippen molar-refractivity contribution in [2.75, 3.05) is 50.1 Å². The molecular weight excluding hydrogens is 478 g/mol. The van der Waals surface area contributed by atoms with Crippen LogP contribution < -0.4 is 9.80 Å². The van der Waals surface area contributed by atoms with Gasteiger partial charge in [-0.25, -0.2) is 4.98 Å². The summed E-state index contributed by atoms with van der Waals surface area (Å²) in [5.74, 6) is 2.81. The van der Waals surface area contributed by atoms with Crippen molar-refractivity contribution in [1.29, 1.82) is 0 Å². The lowest BCUT2D eigenvalue weighted by Crippen LogP contribution is -2.73. The first kappa shape index (κ1) is 22.0. The van der Waals surface area contributed by atoms with Crippen LogP contribution in [0.1, 0.15) is 24.2 Å². The molecular formula is C25H28ClN9O. The Balaban J connectivity index is 1.17. The molecule has 3 aromatic rings. The molecule has 3 aliphatic heterocycles. The first-order chi connectivity index (χ1) is 17.4. The van der Waals surface area contributed by atoms with Crippen molar-refractivity contribution in [3.63, 3.8) is 0 Å². The number of amides is 1. The lowest BCUT2D eigenvalue weighted by atomic mass is 9.73. The third-order valence-electron chi connectivity index (χ3n) is 8.08. The van der Waals surface area contributed by atoms with Crippen molar-refractivity contribution < 1.29 is 4.79 Å². The Hall–Kier alpha value is -3.24. The van der Waals surface area contributed by atoms with Crippen LogP contribution in [-0.4, -0.2) is 86.3 Å². The predicted molar refractivity (Wildman–Crippen MR) is 135 cm³/mol. The predicted octanol–water partition coefficient (Wildman–Crippen LogP) is 1.97. The van der Waals surface area contributed by atoms with Gasteiger partial charge in [0.05, 0.1) is 18.4 Å². The number of fused-ring (bicyclic) bond motifs is 3. The number of likely N-dealkylation sites (N-methyl/N-ethyl adjacent to an activating group) is 1. The molecule has 1 saturated carbocycles. The Morgan fingerprint density at radius 2 is 1.81 bits per heavy atom. The summed E-state index contributed by atoms with van der Waals surface area (Å²) in [5.41, 5.74) is 1.91. The number of rotatable bonds is 4. The van der Waals surface area contributed by atoms with E-state index in [0.29, 0.717) is 18.1 Å². The van der Waals surface area contributed by atoms with E-state index in [4.69, 9.17) is 11.6 Å². The lowest BCUT2D eigenvalue weighted by Gasteiger charge is -2.60. The molecule has 7 rings (SSSR count). The second kappa shape index (κ2) is 7.63. The zero-order valence-electron chi connectivity index (χ0n) is 20.4. The summed E-state index contributed by atoms with van der Waals surface area (Å²) in [6, 6.07) is 5.99. The number of anilines is 2. The van der Waals surface area contributed by atoms with Gasteiger partial charge in [-0.1, -0.05) is 11.6 Å². The van der Waals surface area contributed by atoms with Crippen molar-refractivity contribution >= 4 is 29.3 Å². The molecule has 0 N–H and O–H groups in total. The van der Waals surface area contributed by atoms with Crippen LogP contribution >= 0.6 is 11.6 Å². The normalized spacial score (nSPS) is 21.2. The van der Waals surface area contributed by atoms with Crippen LogP contribution in [-0.2, 0) is 17.9 Å². The molecule has 1 aliphatic carbocycles. The zero-order chi connectivity index (χ0) is 24.7. The van der Waals surface area contributed by atoms with E-state index in [2.05, 4.69) is 45.5 Å². The second-order valence-electron chi connectivity index (χ2n) is 10.9. The van der Waals surface area contributed by atoms with Crippen molar-refractivity contribution in [1.82, 2.24) is 34.5 Å². The SMILES string of the molecule is CN(C)C(=O)C1(N2Cc3cc(Cl)ccc3-n3c(nnc3N3CC4(CN(c5cnccn5)C4)C3)C2)CC1. The fourth-order valence-electron chi connectivity index (χ4n) is 6.18. The van der Waals surface area contributed by atoms with Gasteiger partial charge in [-0.3, -0.25) is 19.2 Å². The van der Waals surface area contributed by atoms with Crippen LogP contribution in [0, 0.1) is 5.41 Å². The number of hydrogen-bond donors (Lipinski definition) is 0. The number of nitrogens with zero attached hydrogens (tertiary/aromatic N) is 9. The Morgan fingerprint density at radius 3 is 2.50 bits per heavy atom. The topological polar surface area (TPSA) is 86.5 Å². The first-order valence-electron chi connectivity index (χ1n) is 12.3. The zero-order valence-corrected chi connectivity index (χ0v) is 21.2. The van der Waals surface area contributed by atoms with Gasteiger partial charge in [-0.05, 0) is 36.6 Å². The molecule has 0 radical (unpaired) electrons. The molecule has 0 bridgehead atoms. The molecule has 4 aliphatic rings. The molecule has 1 spiro atoms. The Bertz CT molecular complexity index is 1340. The van der Waals surface area contributed by atoms with E-state index < -0.39 is 5.54 Å². The molecule has 11 heteroatoms. The van der Waals surface area contributed by atoms with E-state index in [0.717, 1.165) is 67.9 Å². The molecule has 36 heavy (non-hydrogen) atoms. The standard InChI is InChI=1S/C25H28ClN9O/c1-31(2)22(36)25(5-6-25)34-11-17-9-18(26)3-4-19(17)35-21(12-34)29-30-23(35)33-15-24(16-33)13-32(14-24)20-10-27-7-8-28-20/h3-4,7-10H,5-6,11-16H2,1-2H3. The van der Waals surface area contributed by atoms with Crippen molar-refractivity contribution in [3.8, 4) is 5.69 Å². The van der Waals surface area contributed by atoms with Gasteiger partial charge in [-0.2, -0.15) is 0 Å². The van der Waals surface area contributed by atoms with E-state index >= 15 is 0 Å². The van der Waals surface area contributed by atoms with Gasteiger partial charge in [0, 0.05) is 69.7 Å². The van der Waals surface area contributed by atoms with Gasteiger partial charge >= 0.3 is 0 Å². The number of carbonyl (C=O) groups is 1. The monoisotopic (exact) mass is 505 g/mol. The van der Waals surface area contributed by atoms with Crippen molar-refractivity contribution in [2.45, 2.75) is 31.5 Å². The summed E-state index contributed by atoms with van der Waals surface area (Å²) in [7, 11) is 3.66. The number of aromatic nitrogens is 5. The lowest BCUT2D eigenvalue weighted by molar-refractivity contribution is -0.136. The molecule has 0 atom stereocenters. The molecule has 2 saturated heterocycles. The number of benzene rings is 1. The highest BCUT2D eigenvalue weighted by Crippen LogP contribution is 2.47. The highest BCUT2D eigenvalue weighted by molar-refractivity contribution is 6.30. The van der Waals surface area contributed by atoms with Gasteiger partial charge in [0.25, 0.3) is 0 Å². The molecule has 0 unspecified atom stereocenters. The van der Waals surface area contributed by atoms with E-state index in [9.17, 15) is 4.79 Å². The van der Waals surface area contributed by atoms with E-state index in [1.807, 2.05) is 32.4 Å². The summed E-state index contributed by atoms with van der Waals surface area (Å²) in [6.07, 6.45) is 6.98. The van der Waals surface area contributed by atoms with E-state index in [-0.39, 0.29) is 11.3 Å². The van der Waals surface area contributed by atoms with Crippen LogP contribution in [0.15, 0.2) is 36.8 Å². The minimum atomic E-state index is -0.471. The molecule has 3 fully saturated rings. The summed E-state index contributed by atoms with van der Waals surface area (Å²) in [4.78, 5) is 30.3. The third kappa shape index (κ3) is 3.24. The van der Waals surface area contributed by atoms with Crippen LogP contribution in [0.5, 0.6) is 0 Å². The van der Waals surface area contributed by atoms with Crippen LogP contribution in [0.4, 0.5) is 11.8 Å². The van der Waals surface area contributed by atoms with E-state index in [1.54, 1.807) is 17.3 Å². The maximum absolute atomic E-state index is 13.1. The summed E-state index contributed by atoms with van der Waals surface area (Å²) in [6.45, 7) is 5.01. The van der Waals surface area contributed by atoms with Gasteiger partial charge in [0.1, 0.15) is 11.4 Å². The second-order valence-corrected chi connectivity index (χ2v) is 11.3. The average Bonchev–Trinajstić information content (AvgIpc) is 3.56. The Labute approximate surface area is 214 Å². The molecule has 1 amide bonds. The van der Waals surface area contributed by atoms with Gasteiger partial charge < -0.3 is 14.7 Å². The maximum atomic E-state index is 13.1. The summed E-state index contributed by atoms with van der Waals surface area (Å²) >= 11 is 6.43. The van der Waals surface area contributed by atoms with Crippen molar-refractivity contribution in [2.24, 2.45) is 5.41 Å². The van der Waals surface area contributed by atoms with Crippen molar-refractivity contribution in [3.05, 3.63) is 53.2 Å². The van der Waals surface area contributed by atoms with Gasteiger partial charge in [0.15, 0.2) is 5.82 Å². The molecule has 10 nitrogen and oxygen atoms in total. The average molecular weight is 506 g/mol. The first-order valence-corrected chi connectivity index (χ1v) is 12.7. The molecule has 2 aromatic heterocycles. The smallest absolute Gasteiger partial charge is 0.242 e. The number of hydrogen-bond acceptors (Lipinski definition) is 8. The molecule has 1 aromatic carbocycles. The largest absolute Gasteiger partial charge is 0.354 e. The van der Waals surface area contributed by atoms with Gasteiger partial charge in [0.2, 0.25) is 11.9 Å². The minimum absolute atomic E-state index is 0.154. The van der Waals surface area contributed by atoms with Crippen LogP contribution in [0.25, 0.3) is 5.69 Å². The highest BCUT2D eigenvalue weighted by atomic mass is 35.5. The molecule has 186 valence electrons.